The average Bonchev–Trinajstić information content (AvgIpc) is 2.23. The van der Waals surface area contributed by atoms with Gasteiger partial charge < -0.3 is 9.84 Å². The minimum absolute atomic E-state index is 0.0748. The van der Waals surface area contributed by atoms with Crippen molar-refractivity contribution in [2.75, 3.05) is 26.3 Å². The molecule has 0 spiro atoms. The second-order valence-electron chi connectivity index (χ2n) is 4.81. The van der Waals surface area contributed by atoms with E-state index in [0.717, 1.165) is 19.5 Å². The maximum atomic E-state index is 11.6. The third-order valence-electron chi connectivity index (χ3n) is 3.39. The Morgan fingerprint density at radius 1 is 1.53 bits per heavy atom. The Hall–Kier alpha value is -0.610. The van der Waals surface area contributed by atoms with Crippen molar-refractivity contribution in [3.8, 4) is 0 Å². The molecule has 0 aromatic rings. The van der Waals surface area contributed by atoms with Crippen LogP contribution >= 0.6 is 0 Å². The molecule has 1 atom stereocenters. The van der Waals surface area contributed by atoms with Gasteiger partial charge in [0.05, 0.1) is 12.5 Å². The molecule has 0 bridgehead atoms. The van der Waals surface area contributed by atoms with E-state index in [0.29, 0.717) is 12.6 Å². The first-order valence-corrected chi connectivity index (χ1v) is 6.70. The molecule has 4 nitrogen and oxygen atoms in total. The fraction of sp³-hybridized carbons (Fsp3) is 0.923. The number of esters is 1. The molecule has 0 aromatic heterocycles. The molecule has 1 fully saturated rings. The molecular weight excluding hydrogens is 218 g/mol. The van der Waals surface area contributed by atoms with E-state index in [2.05, 4.69) is 4.90 Å². The van der Waals surface area contributed by atoms with Crippen LogP contribution in [0.5, 0.6) is 0 Å². The molecule has 0 radical (unpaired) electrons. The summed E-state index contributed by atoms with van der Waals surface area (Å²) in [5, 5.41) is 8.90. The van der Waals surface area contributed by atoms with Crippen molar-refractivity contribution in [1.29, 1.82) is 0 Å². The Morgan fingerprint density at radius 3 is 2.71 bits per heavy atom. The van der Waals surface area contributed by atoms with Gasteiger partial charge in [-0.1, -0.05) is 13.3 Å². The molecule has 0 heterocycles. The lowest BCUT2D eigenvalue weighted by molar-refractivity contribution is -0.148. The van der Waals surface area contributed by atoms with Crippen molar-refractivity contribution in [3.63, 3.8) is 0 Å². The van der Waals surface area contributed by atoms with Gasteiger partial charge in [-0.05, 0) is 26.2 Å². The van der Waals surface area contributed by atoms with Crippen LogP contribution < -0.4 is 0 Å². The highest BCUT2D eigenvalue weighted by atomic mass is 16.5. The van der Waals surface area contributed by atoms with Gasteiger partial charge in [0.2, 0.25) is 0 Å². The second-order valence-corrected chi connectivity index (χ2v) is 4.81. The lowest BCUT2D eigenvalue weighted by Gasteiger charge is -2.38. The number of aliphatic hydroxyl groups is 1. The first kappa shape index (κ1) is 14.5. The lowest BCUT2D eigenvalue weighted by Crippen LogP contribution is -2.44. The number of carbonyl (C=O) groups is 1. The monoisotopic (exact) mass is 243 g/mol. The quantitative estimate of drug-likeness (QED) is 0.655. The smallest absolute Gasteiger partial charge is 0.309 e. The molecule has 0 aromatic carbocycles. The van der Waals surface area contributed by atoms with E-state index < -0.39 is 0 Å². The molecule has 0 saturated heterocycles. The van der Waals surface area contributed by atoms with E-state index in [1.54, 1.807) is 0 Å². The third-order valence-corrected chi connectivity index (χ3v) is 3.39. The highest BCUT2D eigenvalue weighted by molar-refractivity contribution is 5.72. The lowest BCUT2D eigenvalue weighted by atomic mass is 9.90. The maximum absolute atomic E-state index is 11.6. The van der Waals surface area contributed by atoms with Crippen molar-refractivity contribution < 1.29 is 14.6 Å². The van der Waals surface area contributed by atoms with Crippen molar-refractivity contribution in [2.45, 2.75) is 45.6 Å². The Labute approximate surface area is 104 Å². The molecule has 17 heavy (non-hydrogen) atoms. The SMILES string of the molecule is CCOC(=O)C(C)CN(CCCO)C1CCC1. The average molecular weight is 243 g/mol. The predicted octanol–water partition coefficient (Wildman–Crippen LogP) is 1.42. The van der Waals surface area contributed by atoms with Gasteiger partial charge in [0.25, 0.3) is 0 Å². The summed E-state index contributed by atoms with van der Waals surface area (Å²) in [4.78, 5) is 13.9. The Balaban J connectivity index is 2.38. The van der Waals surface area contributed by atoms with Crippen LogP contribution in [0.25, 0.3) is 0 Å². The van der Waals surface area contributed by atoms with Gasteiger partial charge in [-0.25, -0.2) is 0 Å². The second kappa shape index (κ2) is 7.67. The van der Waals surface area contributed by atoms with Gasteiger partial charge in [0, 0.05) is 25.7 Å². The molecular formula is C13H25NO3. The van der Waals surface area contributed by atoms with E-state index in [4.69, 9.17) is 9.84 Å². The topological polar surface area (TPSA) is 49.8 Å². The van der Waals surface area contributed by atoms with Crippen LogP contribution in [0, 0.1) is 5.92 Å². The molecule has 1 rings (SSSR count). The van der Waals surface area contributed by atoms with Crippen LogP contribution in [0.15, 0.2) is 0 Å². The summed E-state index contributed by atoms with van der Waals surface area (Å²) in [5.74, 6) is -0.185. The summed E-state index contributed by atoms with van der Waals surface area (Å²) in [6.07, 6.45) is 4.52. The number of aliphatic hydroxyl groups excluding tert-OH is 1. The third kappa shape index (κ3) is 4.64. The largest absolute Gasteiger partial charge is 0.466 e. The van der Waals surface area contributed by atoms with E-state index >= 15 is 0 Å². The number of hydrogen-bond donors (Lipinski definition) is 1. The van der Waals surface area contributed by atoms with Crippen LogP contribution in [0.2, 0.25) is 0 Å². The zero-order chi connectivity index (χ0) is 12.7. The summed E-state index contributed by atoms with van der Waals surface area (Å²) in [6, 6.07) is 0.610. The van der Waals surface area contributed by atoms with Crippen LogP contribution in [0.1, 0.15) is 39.5 Å². The summed E-state index contributed by atoms with van der Waals surface area (Å²) in [6.45, 7) is 6.05. The molecule has 100 valence electrons. The first-order chi connectivity index (χ1) is 8.19. The van der Waals surface area contributed by atoms with E-state index in [-0.39, 0.29) is 18.5 Å². The van der Waals surface area contributed by atoms with Gasteiger partial charge in [-0.15, -0.1) is 0 Å². The molecule has 0 aliphatic heterocycles. The maximum Gasteiger partial charge on any atom is 0.309 e. The van der Waals surface area contributed by atoms with Crippen LogP contribution in [0.4, 0.5) is 0 Å². The van der Waals surface area contributed by atoms with Crippen molar-refractivity contribution in [1.82, 2.24) is 4.90 Å². The van der Waals surface area contributed by atoms with Gasteiger partial charge in [-0.2, -0.15) is 0 Å². The van der Waals surface area contributed by atoms with Crippen LogP contribution in [-0.4, -0.2) is 48.3 Å². The van der Waals surface area contributed by atoms with Crippen molar-refractivity contribution in [2.24, 2.45) is 5.92 Å². The molecule has 1 saturated carbocycles. The number of hydrogen-bond acceptors (Lipinski definition) is 4. The molecule has 4 heteroatoms. The summed E-state index contributed by atoms with van der Waals surface area (Å²) in [5.41, 5.74) is 0. The Kier molecular flexibility index (Phi) is 6.52. The predicted molar refractivity (Wildman–Crippen MR) is 66.7 cm³/mol. The zero-order valence-electron chi connectivity index (χ0n) is 11.0. The number of carbonyl (C=O) groups excluding carboxylic acids is 1. The molecule has 1 aliphatic carbocycles. The van der Waals surface area contributed by atoms with Crippen molar-refractivity contribution >= 4 is 5.97 Å². The van der Waals surface area contributed by atoms with Gasteiger partial charge in [-0.3, -0.25) is 9.69 Å². The molecule has 1 unspecified atom stereocenters. The molecule has 0 amide bonds. The minimum Gasteiger partial charge on any atom is -0.466 e. The summed E-state index contributed by atoms with van der Waals surface area (Å²) < 4.78 is 5.03. The van der Waals surface area contributed by atoms with E-state index in [1.807, 2.05) is 13.8 Å². The summed E-state index contributed by atoms with van der Waals surface area (Å²) >= 11 is 0. The van der Waals surface area contributed by atoms with Gasteiger partial charge in [0.15, 0.2) is 0 Å². The number of nitrogens with zero attached hydrogens (tertiary/aromatic N) is 1. The summed E-state index contributed by atoms with van der Waals surface area (Å²) in [7, 11) is 0. The zero-order valence-corrected chi connectivity index (χ0v) is 11.0. The van der Waals surface area contributed by atoms with Gasteiger partial charge in [0.1, 0.15) is 0 Å². The fourth-order valence-corrected chi connectivity index (χ4v) is 2.16. The Morgan fingerprint density at radius 2 is 2.24 bits per heavy atom. The van der Waals surface area contributed by atoms with Crippen LogP contribution in [0.3, 0.4) is 0 Å². The molecule has 1 N–H and O–H groups in total. The van der Waals surface area contributed by atoms with E-state index in [1.165, 1.54) is 19.3 Å². The highest BCUT2D eigenvalue weighted by Crippen LogP contribution is 2.25. The number of rotatable bonds is 8. The standard InChI is InChI=1S/C13H25NO3/c1-3-17-13(16)11(2)10-14(8-5-9-15)12-6-4-7-12/h11-12,15H,3-10H2,1-2H3. The van der Waals surface area contributed by atoms with Gasteiger partial charge >= 0.3 is 5.97 Å². The number of ether oxygens (including phenoxy) is 1. The molecule has 1 aliphatic rings. The van der Waals surface area contributed by atoms with Crippen molar-refractivity contribution in [3.05, 3.63) is 0 Å². The fourth-order valence-electron chi connectivity index (χ4n) is 2.16. The Bertz CT molecular complexity index is 229. The minimum atomic E-state index is -0.110. The normalized spacial score (nSPS) is 17.9. The van der Waals surface area contributed by atoms with E-state index in [9.17, 15) is 4.79 Å². The van der Waals surface area contributed by atoms with Crippen LogP contribution in [-0.2, 0) is 9.53 Å². The first-order valence-electron chi connectivity index (χ1n) is 6.70. The highest BCUT2D eigenvalue weighted by Gasteiger charge is 2.27.